The van der Waals surface area contributed by atoms with Crippen LogP contribution in [0.5, 0.6) is 0 Å². The van der Waals surface area contributed by atoms with E-state index in [1.165, 1.54) is 62.5 Å². The lowest BCUT2D eigenvalue weighted by Gasteiger charge is -2.37. The Morgan fingerprint density at radius 3 is 2.19 bits per heavy atom. The van der Waals surface area contributed by atoms with Crippen molar-refractivity contribution < 1.29 is 19.1 Å². The molecule has 1 aromatic carbocycles. The Labute approximate surface area is 224 Å². The highest BCUT2D eigenvalue weighted by Crippen LogP contribution is 2.26. The number of amides is 2. The number of rotatable bonds is 21. The monoisotopic (exact) mass is 517 g/mol. The predicted octanol–water partition coefficient (Wildman–Crippen LogP) is 4.75. The first-order chi connectivity index (χ1) is 18.2. The van der Waals surface area contributed by atoms with E-state index >= 15 is 0 Å². The molecule has 1 aliphatic rings. The van der Waals surface area contributed by atoms with Crippen molar-refractivity contribution in [2.75, 3.05) is 39.5 Å². The molecular formula is C30H51N3O4. The van der Waals surface area contributed by atoms with Gasteiger partial charge in [-0.1, -0.05) is 89.0 Å². The van der Waals surface area contributed by atoms with Crippen LogP contribution in [-0.4, -0.2) is 62.3 Å². The number of ether oxygens (including phenoxy) is 2. The summed E-state index contributed by atoms with van der Waals surface area (Å²) in [5.41, 5.74) is 7.82. The molecule has 37 heavy (non-hydrogen) atoms. The predicted molar refractivity (Wildman–Crippen MR) is 149 cm³/mol. The van der Waals surface area contributed by atoms with Gasteiger partial charge in [0.1, 0.15) is 0 Å². The third-order valence-corrected chi connectivity index (χ3v) is 7.04. The van der Waals surface area contributed by atoms with Crippen molar-refractivity contribution in [3.05, 3.63) is 35.4 Å². The van der Waals surface area contributed by atoms with Crippen LogP contribution in [0.3, 0.4) is 0 Å². The highest BCUT2D eigenvalue weighted by Gasteiger charge is 2.30. The molecule has 1 aliphatic heterocycles. The number of nitrogens with one attached hydrogen (secondary N) is 1. The Morgan fingerprint density at radius 2 is 1.51 bits per heavy atom. The largest absolute Gasteiger partial charge is 0.378 e. The minimum absolute atomic E-state index is 0.0379. The molecule has 0 spiro atoms. The maximum absolute atomic E-state index is 13.2. The Hall–Kier alpha value is -1.96. The second-order valence-corrected chi connectivity index (χ2v) is 10.1. The zero-order valence-corrected chi connectivity index (χ0v) is 23.2. The molecule has 1 atom stereocenters. The maximum Gasteiger partial charge on any atom is 0.223 e. The summed E-state index contributed by atoms with van der Waals surface area (Å²) in [6, 6.07) is 8.17. The van der Waals surface area contributed by atoms with E-state index in [-0.39, 0.29) is 17.9 Å². The summed E-state index contributed by atoms with van der Waals surface area (Å²) in [4.78, 5) is 27.8. The molecule has 0 saturated carbocycles. The molecule has 1 unspecified atom stereocenters. The van der Waals surface area contributed by atoms with Gasteiger partial charge in [-0.05, 0) is 24.0 Å². The zero-order valence-electron chi connectivity index (χ0n) is 23.2. The fourth-order valence-corrected chi connectivity index (χ4v) is 4.92. The number of nitrogens with zero attached hydrogens (tertiary/aromatic N) is 1. The summed E-state index contributed by atoms with van der Waals surface area (Å²) in [6.07, 6.45) is 14.1. The summed E-state index contributed by atoms with van der Waals surface area (Å²) in [5, 5.41) is 2.94. The number of benzene rings is 1. The van der Waals surface area contributed by atoms with Crippen LogP contribution in [-0.2, 0) is 32.0 Å². The van der Waals surface area contributed by atoms with Crippen LogP contribution in [0.15, 0.2) is 24.3 Å². The number of fused-ring (bicyclic) bond motifs is 1. The lowest BCUT2D eigenvalue weighted by molar-refractivity contribution is -0.136. The molecule has 2 rings (SSSR count). The smallest absolute Gasteiger partial charge is 0.223 e. The van der Waals surface area contributed by atoms with Crippen LogP contribution >= 0.6 is 0 Å². The summed E-state index contributed by atoms with van der Waals surface area (Å²) >= 11 is 0. The van der Waals surface area contributed by atoms with E-state index in [0.717, 1.165) is 19.3 Å². The lowest BCUT2D eigenvalue weighted by atomic mass is 9.91. The molecule has 0 aliphatic carbocycles. The first kappa shape index (κ1) is 31.3. The van der Waals surface area contributed by atoms with Crippen LogP contribution < -0.4 is 11.1 Å². The van der Waals surface area contributed by atoms with Crippen LogP contribution in [0.25, 0.3) is 0 Å². The van der Waals surface area contributed by atoms with E-state index in [9.17, 15) is 9.59 Å². The summed E-state index contributed by atoms with van der Waals surface area (Å²) < 4.78 is 10.8. The number of carbonyl (C=O) groups is 2. The molecule has 0 radical (unpaired) electrons. The minimum atomic E-state index is -0.101. The van der Waals surface area contributed by atoms with Crippen molar-refractivity contribution in [1.29, 1.82) is 0 Å². The molecule has 7 nitrogen and oxygen atoms in total. The molecule has 2 amide bonds. The number of unbranched alkanes of at least 4 members (excludes halogenated alkanes) is 9. The van der Waals surface area contributed by atoms with Crippen molar-refractivity contribution in [2.45, 2.75) is 103 Å². The molecule has 0 fully saturated rings. The molecule has 1 aromatic rings. The van der Waals surface area contributed by atoms with Gasteiger partial charge in [0.25, 0.3) is 0 Å². The van der Waals surface area contributed by atoms with Gasteiger partial charge in [-0.25, -0.2) is 0 Å². The van der Waals surface area contributed by atoms with Crippen molar-refractivity contribution >= 4 is 11.8 Å². The van der Waals surface area contributed by atoms with Crippen molar-refractivity contribution in [3.63, 3.8) is 0 Å². The number of nitrogens with two attached hydrogens (primary N) is 1. The SMILES string of the molecule is CCCCCCCCCCCCC(=O)N1Cc2ccccc2CC1CC(=O)NCCOCCOCCN. The second-order valence-electron chi connectivity index (χ2n) is 10.1. The van der Waals surface area contributed by atoms with Crippen LogP contribution in [0.1, 0.15) is 95.1 Å². The van der Waals surface area contributed by atoms with E-state index in [1.54, 1.807) is 0 Å². The van der Waals surface area contributed by atoms with E-state index in [0.29, 0.717) is 58.9 Å². The zero-order chi connectivity index (χ0) is 26.6. The van der Waals surface area contributed by atoms with E-state index in [2.05, 4.69) is 24.4 Å². The fraction of sp³-hybridized carbons (Fsp3) is 0.733. The normalized spacial score (nSPS) is 15.0. The van der Waals surface area contributed by atoms with Gasteiger partial charge in [0.2, 0.25) is 11.8 Å². The molecule has 0 saturated heterocycles. The van der Waals surface area contributed by atoms with E-state index < -0.39 is 0 Å². The van der Waals surface area contributed by atoms with Crippen molar-refractivity contribution in [2.24, 2.45) is 5.73 Å². The van der Waals surface area contributed by atoms with Gasteiger partial charge < -0.3 is 25.4 Å². The molecular weight excluding hydrogens is 466 g/mol. The Morgan fingerprint density at radius 1 is 0.892 bits per heavy atom. The highest BCUT2D eigenvalue weighted by atomic mass is 16.5. The van der Waals surface area contributed by atoms with E-state index in [1.807, 2.05) is 17.0 Å². The minimum Gasteiger partial charge on any atom is -0.378 e. The molecule has 1 heterocycles. The topological polar surface area (TPSA) is 93.9 Å². The number of carbonyl (C=O) groups excluding carboxylic acids is 2. The third-order valence-electron chi connectivity index (χ3n) is 7.04. The summed E-state index contributed by atoms with van der Waals surface area (Å²) in [5.74, 6) is 0.136. The number of hydrogen-bond donors (Lipinski definition) is 2. The maximum atomic E-state index is 13.2. The molecule has 210 valence electrons. The molecule has 3 N–H and O–H groups in total. The van der Waals surface area contributed by atoms with Gasteiger partial charge in [-0.3, -0.25) is 9.59 Å². The Bertz CT molecular complexity index is 758. The van der Waals surface area contributed by atoms with E-state index in [4.69, 9.17) is 15.2 Å². The molecule has 0 bridgehead atoms. The Balaban J connectivity index is 1.71. The van der Waals surface area contributed by atoms with Crippen LogP contribution in [0.4, 0.5) is 0 Å². The second kappa shape index (κ2) is 20.1. The van der Waals surface area contributed by atoms with Crippen molar-refractivity contribution in [3.8, 4) is 0 Å². The highest BCUT2D eigenvalue weighted by molar-refractivity contribution is 5.80. The number of hydrogen-bond acceptors (Lipinski definition) is 5. The lowest BCUT2D eigenvalue weighted by Crippen LogP contribution is -2.46. The first-order valence-electron chi connectivity index (χ1n) is 14.6. The average Bonchev–Trinajstić information content (AvgIpc) is 2.90. The van der Waals surface area contributed by atoms with Crippen LogP contribution in [0, 0.1) is 0 Å². The van der Waals surface area contributed by atoms with Crippen LogP contribution in [0.2, 0.25) is 0 Å². The first-order valence-corrected chi connectivity index (χ1v) is 14.6. The summed E-state index contributed by atoms with van der Waals surface area (Å²) in [7, 11) is 0. The van der Waals surface area contributed by atoms with Crippen molar-refractivity contribution in [1.82, 2.24) is 10.2 Å². The van der Waals surface area contributed by atoms with Gasteiger partial charge in [0.05, 0.1) is 26.4 Å². The third kappa shape index (κ3) is 13.4. The average molecular weight is 518 g/mol. The van der Waals surface area contributed by atoms with Gasteiger partial charge in [-0.15, -0.1) is 0 Å². The quantitative estimate of drug-likeness (QED) is 0.230. The van der Waals surface area contributed by atoms with Gasteiger partial charge in [0, 0.05) is 38.5 Å². The molecule has 0 aromatic heterocycles. The van der Waals surface area contributed by atoms with Gasteiger partial charge in [0.15, 0.2) is 0 Å². The standard InChI is InChI=1S/C30H51N3O4/c1-2-3-4-5-6-7-8-9-10-11-16-30(35)33-25-27-15-13-12-14-26(27)23-28(33)24-29(34)32-18-20-37-22-21-36-19-17-31/h12-15,28H,2-11,16-25,31H2,1H3,(H,32,34). The summed E-state index contributed by atoms with van der Waals surface area (Å²) in [6.45, 7) is 5.75. The molecule has 7 heteroatoms. The fourth-order valence-electron chi connectivity index (χ4n) is 4.92. The Kier molecular flexibility index (Phi) is 16.9. The van der Waals surface area contributed by atoms with Gasteiger partial charge in [-0.2, -0.15) is 0 Å². The van der Waals surface area contributed by atoms with Gasteiger partial charge >= 0.3 is 0 Å².